The largest absolute Gasteiger partial charge is 0.339 e. The lowest BCUT2D eigenvalue weighted by atomic mass is 9.85. The van der Waals surface area contributed by atoms with E-state index in [-0.39, 0.29) is 5.56 Å². The van der Waals surface area contributed by atoms with Crippen molar-refractivity contribution >= 4 is 11.0 Å². The summed E-state index contributed by atoms with van der Waals surface area (Å²) in [5, 5.41) is 8.60. The number of hydrogen-bond donors (Lipinski definition) is 1. The second-order valence-electron chi connectivity index (χ2n) is 6.37. The molecule has 24 heavy (non-hydrogen) atoms. The van der Waals surface area contributed by atoms with Crippen LogP contribution in [0.15, 0.2) is 15.5 Å². The Bertz CT molecular complexity index is 921. The van der Waals surface area contributed by atoms with Crippen molar-refractivity contribution in [1.82, 2.24) is 34.8 Å². The molecule has 126 valence electrons. The molecule has 3 aromatic heterocycles. The average molecular weight is 329 g/mol. The Labute approximate surface area is 137 Å². The van der Waals surface area contributed by atoms with Gasteiger partial charge in [-0.15, -0.1) is 0 Å². The highest BCUT2D eigenvalue weighted by Crippen LogP contribution is 2.35. The molecule has 0 aliphatic heterocycles. The third-order valence-electron chi connectivity index (χ3n) is 4.42. The summed E-state index contributed by atoms with van der Waals surface area (Å²) in [4.78, 5) is 25.8. The Morgan fingerprint density at radius 2 is 2.21 bits per heavy atom. The van der Waals surface area contributed by atoms with Crippen LogP contribution in [0.5, 0.6) is 0 Å². The van der Waals surface area contributed by atoms with Crippen LogP contribution in [-0.4, -0.2) is 41.8 Å². The molecule has 1 aliphatic carbocycles. The van der Waals surface area contributed by atoms with E-state index in [1.54, 1.807) is 11.7 Å². The zero-order chi connectivity index (χ0) is 16.7. The van der Waals surface area contributed by atoms with Crippen LogP contribution in [0, 0.1) is 0 Å². The van der Waals surface area contributed by atoms with Gasteiger partial charge in [-0.1, -0.05) is 11.6 Å². The zero-order valence-electron chi connectivity index (χ0n) is 13.7. The molecule has 0 amide bonds. The first-order chi connectivity index (χ1) is 11.6. The number of nitrogens with one attached hydrogen (secondary N) is 1. The van der Waals surface area contributed by atoms with Gasteiger partial charge in [-0.2, -0.15) is 10.1 Å². The van der Waals surface area contributed by atoms with Gasteiger partial charge >= 0.3 is 0 Å². The van der Waals surface area contributed by atoms with Crippen LogP contribution >= 0.6 is 0 Å². The Balaban J connectivity index is 1.47. The van der Waals surface area contributed by atoms with E-state index in [0.717, 1.165) is 18.7 Å². The molecule has 9 nitrogen and oxygen atoms in total. The van der Waals surface area contributed by atoms with E-state index in [1.807, 2.05) is 11.9 Å². The molecule has 1 aliphatic rings. The Kier molecular flexibility index (Phi) is 3.64. The van der Waals surface area contributed by atoms with E-state index in [2.05, 4.69) is 25.2 Å². The molecule has 1 saturated carbocycles. The molecule has 1 fully saturated rings. The molecule has 0 saturated heterocycles. The fourth-order valence-electron chi connectivity index (χ4n) is 2.86. The Morgan fingerprint density at radius 3 is 2.96 bits per heavy atom. The van der Waals surface area contributed by atoms with E-state index in [4.69, 9.17) is 4.52 Å². The summed E-state index contributed by atoms with van der Waals surface area (Å²) in [5.41, 5.74) is 0.400. The molecule has 0 aromatic carbocycles. The summed E-state index contributed by atoms with van der Waals surface area (Å²) in [5.74, 6) is 2.42. The third-order valence-corrected chi connectivity index (χ3v) is 4.42. The van der Waals surface area contributed by atoms with E-state index < -0.39 is 0 Å². The van der Waals surface area contributed by atoms with Crippen molar-refractivity contribution in [3.63, 3.8) is 0 Å². The van der Waals surface area contributed by atoms with Crippen LogP contribution < -0.4 is 5.56 Å². The number of hydrogen-bond acceptors (Lipinski definition) is 7. The minimum atomic E-state index is -0.177. The summed E-state index contributed by atoms with van der Waals surface area (Å²) >= 11 is 0. The maximum Gasteiger partial charge on any atom is 0.262 e. The average Bonchev–Trinajstić information content (AvgIpc) is 3.05. The van der Waals surface area contributed by atoms with Crippen LogP contribution in [0.4, 0.5) is 0 Å². The first-order valence-electron chi connectivity index (χ1n) is 8.02. The van der Waals surface area contributed by atoms with Gasteiger partial charge in [0.1, 0.15) is 11.2 Å². The number of nitrogens with zero attached hydrogens (tertiary/aromatic N) is 6. The standard InChI is InChI=1S/C15H19N7O2/c1-21(8-12-19-15(24-20-12)9-4-3-5-9)7-11-17-13-10(14(23)18-11)6-16-22(13)2/h6,9H,3-5,7-8H2,1-2H3,(H,17,18,23). The first-order valence-corrected chi connectivity index (χ1v) is 8.02. The van der Waals surface area contributed by atoms with E-state index in [1.165, 1.54) is 12.6 Å². The summed E-state index contributed by atoms with van der Waals surface area (Å²) in [6.07, 6.45) is 5.02. The second-order valence-corrected chi connectivity index (χ2v) is 6.37. The molecular weight excluding hydrogens is 310 g/mol. The van der Waals surface area contributed by atoms with Crippen LogP contribution in [0.1, 0.15) is 42.7 Å². The van der Waals surface area contributed by atoms with Gasteiger partial charge in [-0.25, -0.2) is 4.98 Å². The fraction of sp³-hybridized carbons (Fsp3) is 0.533. The lowest BCUT2D eigenvalue weighted by molar-refractivity contribution is 0.279. The van der Waals surface area contributed by atoms with Crippen molar-refractivity contribution in [3.05, 3.63) is 34.1 Å². The van der Waals surface area contributed by atoms with Crippen molar-refractivity contribution in [2.24, 2.45) is 7.05 Å². The van der Waals surface area contributed by atoms with Crippen LogP contribution in [0.25, 0.3) is 11.0 Å². The highest BCUT2D eigenvalue weighted by Gasteiger charge is 2.25. The van der Waals surface area contributed by atoms with E-state index >= 15 is 0 Å². The first kappa shape index (κ1) is 15.0. The molecular formula is C15H19N7O2. The number of aryl methyl sites for hydroxylation is 1. The van der Waals surface area contributed by atoms with Gasteiger partial charge in [0, 0.05) is 13.0 Å². The molecule has 4 rings (SSSR count). The maximum atomic E-state index is 12.1. The molecule has 0 bridgehead atoms. The summed E-state index contributed by atoms with van der Waals surface area (Å²) in [6.45, 7) is 1.01. The van der Waals surface area contributed by atoms with Crippen molar-refractivity contribution in [3.8, 4) is 0 Å². The van der Waals surface area contributed by atoms with E-state index in [9.17, 15) is 4.79 Å². The van der Waals surface area contributed by atoms with Crippen molar-refractivity contribution < 1.29 is 4.52 Å². The molecule has 0 unspecified atom stereocenters. The maximum absolute atomic E-state index is 12.1. The van der Waals surface area contributed by atoms with Gasteiger partial charge in [-0.3, -0.25) is 14.4 Å². The van der Waals surface area contributed by atoms with Crippen LogP contribution in [0.3, 0.4) is 0 Å². The highest BCUT2D eigenvalue weighted by atomic mass is 16.5. The highest BCUT2D eigenvalue weighted by molar-refractivity contribution is 5.72. The van der Waals surface area contributed by atoms with Gasteiger partial charge in [0.25, 0.3) is 5.56 Å². The predicted molar refractivity (Wildman–Crippen MR) is 85.2 cm³/mol. The van der Waals surface area contributed by atoms with Gasteiger partial charge in [0.2, 0.25) is 5.89 Å². The molecule has 1 N–H and O–H groups in total. The smallest absolute Gasteiger partial charge is 0.262 e. The van der Waals surface area contributed by atoms with Crippen LogP contribution in [-0.2, 0) is 20.1 Å². The number of fused-ring (bicyclic) bond motifs is 1. The molecule has 9 heteroatoms. The quantitative estimate of drug-likeness (QED) is 0.742. The van der Waals surface area contributed by atoms with Gasteiger partial charge < -0.3 is 9.51 Å². The predicted octanol–water partition coefficient (Wildman–Crippen LogP) is 0.939. The minimum absolute atomic E-state index is 0.177. The van der Waals surface area contributed by atoms with E-state index in [0.29, 0.717) is 41.7 Å². The second kappa shape index (κ2) is 5.82. The summed E-state index contributed by atoms with van der Waals surface area (Å²) in [6, 6.07) is 0. The molecule has 3 aromatic rings. The lowest BCUT2D eigenvalue weighted by Gasteiger charge is -2.20. The van der Waals surface area contributed by atoms with Gasteiger partial charge in [-0.05, 0) is 19.9 Å². The minimum Gasteiger partial charge on any atom is -0.339 e. The van der Waals surface area contributed by atoms with Gasteiger partial charge in [0.15, 0.2) is 11.5 Å². The number of aromatic nitrogens is 6. The number of H-pyrrole nitrogens is 1. The SMILES string of the molecule is CN(Cc1noc(C2CCC2)n1)Cc1nc2c(cnn2C)c(=O)[nH]1. The molecule has 3 heterocycles. The van der Waals surface area contributed by atoms with Crippen molar-refractivity contribution in [1.29, 1.82) is 0 Å². The Hall–Kier alpha value is -2.55. The third kappa shape index (κ3) is 2.71. The number of rotatable bonds is 5. The van der Waals surface area contributed by atoms with Crippen LogP contribution in [0.2, 0.25) is 0 Å². The monoisotopic (exact) mass is 329 g/mol. The summed E-state index contributed by atoms with van der Waals surface area (Å²) < 4.78 is 6.92. The molecule has 0 radical (unpaired) electrons. The van der Waals surface area contributed by atoms with Crippen molar-refractivity contribution in [2.75, 3.05) is 7.05 Å². The zero-order valence-corrected chi connectivity index (χ0v) is 13.7. The topological polar surface area (TPSA) is 106 Å². The number of aromatic amines is 1. The van der Waals surface area contributed by atoms with Gasteiger partial charge in [0.05, 0.1) is 19.3 Å². The molecule has 0 spiro atoms. The molecule has 0 atom stereocenters. The Morgan fingerprint density at radius 1 is 1.38 bits per heavy atom. The van der Waals surface area contributed by atoms with Crippen molar-refractivity contribution in [2.45, 2.75) is 38.3 Å². The normalized spacial score (nSPS) is 15.3. The fourth-order valence-corrected chi connectivity index (χ4v) is 2.86. The summed E-state index contributed by atoms with van der Waals surface area (Å²) in [7, 11) is 3.69. The lowest BCUT2D eigenvalue weighted by Crippen LogP contribution is -2.22.